The number of amides is 1. The SMILES string of the molecule is C/C=C/C=C/C(=O)OC(C(N)=O)c1ccccc1. The molecular weight excluding hydrogens is 230 g/mol. The molecule has 0 saturated heterocycles. The lowest BCUT2D eigenvalue weighted by Crippen LogP contribution is -2.25. The lowest BCUT2D eigenvalue weighted by Gasteiger charge is -2.13. The van der Waals surface area contributed by atoms with Crippen molar-refractivity contribution in [3.8, 4) is 0 Å². The highest BCUT2D eigenvalue weighted by atomic mass is 16.5. The van der Waals surface area contributed by atoms with Gasteiger partial charge in [-0.15, -0.1) is 0 Å². The van der Waals surface area contributed by atoms with Crippen LogP contribution >= 0.6 is 0 Å². The Bertz CT molecular complexity index is 463. The summed E-state index contributed by atoms with van der Waals surface area (Å²) in [6.07, 6.45) is 5.16. The Hall–Kier alpha value is -2.36. The van der Waals surface area contributed by atoms with Gasteiger partial charge in [-0.2, -0.15) is 0 Å². The number of primary amides is 1. The molecule has 0 saturated carbocycles. The van der Waals surface area contributed by atoms with Gasteiger partial charge in [0, 0.05) is 11.6 Å². The zero-order valence-corrected chi connectivity index (χ0v) is 10.1. The predicted octanol–water partition coefficient (Wildman–Crippen LogP) is 1.89. The second-order valence-corrected chi connectivity index (χ2v) is 3.51. The summed E-state index contributed by atoms with van der Waals surface area (Å²) in [6.45, 7) is 1.83. The molecule has 0 heterocycles. The van der Waals surface area contributed by atoms with Crippen molar-refractivity contribution >= 4 is 11.9 Å². The first-order chi connectivity index (χ1) is 8.65. The molecule has 1 amide bonds. The van der Waals surface area contributed by atoms with Crippen LogP contribution in [0.25, 0.3) is 0 Å². The van der Waals surface area contributed by atoms with E-state index in [0.29, 0.717) is 5.56 Å². The first kappa shape index (κ1) is 13.7. The molecule has 2 N–H and O–H groups in total. The summed E-state index contributed by atoms with van der Waals surface area (Å²) in [5.41, 5.74) is 5.77. The predicted molar refractivity (Wildman–Crippen MR) is 68.4 cm³/mol. The third-order valence-corrected chi connectivity index (χ3v) is 2.13. The van der Waals surface area contributed by atoms with Crippen molar-refractivity contribution in [1.82, 2.24) is 0 Å². The standard InChI is InChI=1S/C14H15NO3/c1-2-3-5-10-12(16)18-13(14(15)17)11-8-6-4-7-9-11/h2-10,13H,1H3,(H2,15,17)/b3-2+,10-5+. The minimum absolute atomic E-state index is 0.554. The summed E-state index contributed by atoms with van der Waals surface area (Å²) in [7, 11) is 0. The molecule has 1 aromatic carbocycles. The van der Waals surface area contributed by atoms with Crippen molar-refractivity contribution in [3.05, 3.63) is 60.2 Å². The Morgan fingerprint density at radius 3 is 2.44 bits per heavy atom. The van der Waals surface area contributed by atoms with Gasteiger partial charge >= 0.3 is 5.97 Å². The third-order valence-electron chi connectivity index (χ3n) is 2.13. The van der Waals surface area contributed by atoms with Crippen LogP contribution in [0.5, 0.6) is 0 Å². The van der Waals surface area contributed by atoms with E-state index in [1.165, 1.54) is 12.2 Å². The van der Waals surface area contributed by atoms with Gasteiger partial charge in [0.1, 0.15) is 0 Å². The zero-order chi connectivity index (χ0) is 13.4. The van der Waals surface area contributed by atoms with Crippen molar-refractivity contribution in [3.63, 3.8) is 0 Å². The first-order valence-electron chi connectivity index (χ1n) is 5.49. The number of hydrogen-bond acceptors (Lipinski definition) is 3. The van der Waals surface area contributed by atoms with Gasteiger partial charge in [-0.05, 0) is 6.92 Å². The minimum Gasteiger partial charge on any atom is -0.444 e. The van der Waals surface area contributed by atoms with E-state index < -0.39 is 18.0 Å². The monoisotopic (exact) mass is 245 g/mol. The summed E-state index contributed by atoms with van der Waals surface area (Å²) in [4.78, 5) is 22.7. The lowest BCUT2D eigenvalue weighted by molar-refractivity contribution is -0.150. The Labute approximate surface area is 106 Å². The summed E-state index contributed by atoms with van der Waals surface area (Å²) >= 11 is 0. The van der Waals surface area contributed by atoms with Crippen molar-refractivity contribution in [1.29, 1.82) is 0 Å². The molecule has 1 aromatic rings. The number of rotatable bonds is 5. The maximum Gasteiger partial charge on any atom is 0.331 e. The van der Waals surface area contributed by atoms with Crippen LogP contribution in [0.15, 0.2) is 54.6 Å². The molecule has 0 radical (unpaired) electrons. The topological polar surface area (TPSA) is 69.4 Å². The van der Waals surface area contributed by atoms with E-state index in [1.807, 2.05) is 6.92 Å². The van der Waals surface area contributed by atoms with Gasteiger partial charge in [-0.25, -0.2) is 4.79 Å². The normalized spacial score (nSPS) is 12.7. The highest BCUT2D eigenvalue weighted by Crippen LogP contribution is 2.16. The second-order valence-electron chi connectivity index (χ2n) is 3.51. The minimum atomic E-state index is -1.06. The maximum absolute atomic E-state index is 11.5. The van der Waals surface area contributed by atoms with Crippen LogP contribution in [-0.4, -0.2) is 11.9 Å². The average Bonchev–Trinajstić information content (AvgIpc) is 2.37. The number of hydrogen-bond donors (Lipinski definition) is 1. The van der Waals surface area contributed by atoms with Gasteiger partial charge in [0.05, 0.1) is 0 Å². The molecule has 0 spiro atoms. The molecule has 0 bridgehead atoms. The van der Waals surface area contributed by atoms with Crippen LogP contribution < -0.4 is 5.73 Å². The maximum atomic E-state index is 11.5. The van der Waals surface area contributed by atoms with E-state index in [4.69, 9.17) is 10.5 Å². The van der Waals surface area contributed by atoms with Gasteiger partial charge in [-0.3, -0.25) is 4.79 Å². The molecule has 1 atom stereocenters. The summed E-state index contributed by atoms with van der Waals surface area (Å²) in [5.74, 6) is -1.31. The van der Waals surface area contributed by atoms with Crippen molar-refractivity contribution in [2.45, 2.75) is 13.0 Å². The number of carbonyl (C=O) groups is 2. The van der Waals surface area contributed by atoms with E-state index in [1.54, 1.807) is 42.5 Å². The van der Waals surface area contributed by atoms with Crippen LogP contribution in [0.3, 0.4) is 0 Å². The van der Waals surface area contributed by atoms with Gasteiger partial charge in [0.25, 0.3) is 5.91 Å². The molecule has 4 heteroatoms. The molecule has 0 aliphatic rings. The quantitative estimate of drug-likeness (QED) is 0.489. The molecule has 0 aromatic heterocycles. The van der Waals surface area contributed by atoms with E-state index in [9.17, 15) is 9.59 Å². The molecule has 0 fully saturated rings. The van der Waals surface area contributed by atoms with Crippen molar-refractivity contribution in [2.24, 2.45) is 5.73 Å². The van der Waals surface area contributed by atoms with Crippen LogP contribution in [-0.2, 0) is 14.3 Å². The van der Waals surface area contributed by atoms with E-state index >= 15 is 0 Å². The van der Waals surface area contributed by atoms with Crippen LogP contribution in [0, 0.1) is 0 Å². The summed E-state index contributed by atoms with van der Waals surface area (Å²) in [6, 6.07) is 8.65. The fourth-order valence-electron chi connectivity index (χ4n) is 1.32. The number of allylic oxidation sites excluding steroid dienone is 3. The highest BCUT2D eigenvalue weighted by molar-refractivity contribution is 5.87. The number of carbonyl (C=O) groups excluding carboxylic acids is 2. The van der Waals surface area contributed by atoms with Crippen LogP contribution in [0.1, 0.15) is 18.6 Å². The van der Waals surface area contributed by atoms with Gasteiger partial charge in [0.2, 0.25) is 6.10 Å². The van der Waals surface area contributed by atoms with E-state index in [0.717, 1.165) is 0 Å². The largest absolute Gasteiger partial charge is 0.444 e. The van der Waals surface area contributed by atoms with Gasteiger partial charge in [0.15, 0.2) is 0 Å². The molecule has 4 nitrogen and oxygen atoms in total. The summed E-state index contributed by atoms with van der Waals surface area (Å²) in [5, 5.41) is 0. The molecule has 94 valence electrons. The second kappa shape index (κ2) is 7.06. The number of benzene rings is 1. The van der Waals surface area contributed by atoms with Crippen LogP contribution in [0.4, 0.5) is 0 Å². The molecule has 1 unspecified atom stereocenters. The fourth-order valence-corrected chi connectivity index (χ4v) is 1.32. The Morgan fingerprint density at radius 1 is 1.22 bits per heavy atom. The van der Waals surface area contributed by atoms with Gasteiger partial charge < -0.3 is 10.5 Å². The van der Waals surface area contributed by atoms with E-state index in [-0.39, 0.29) is 0 Å². The molecule has 0 aliphatic carbocycles. The smallest absolute Gasteiger partial charge is 0.331 e. The zero-order valence-electron chi connectivity index (χ0n) is 10.1. The summed E-state index contributed by atoms with van der Waals surface area (Å²) < 4.78 is 5.01. The molecular formula is C14H15NO3. The van der Waals surface area contributed by atoms with Crippen LogP contribution in [0.2, 0.25) is 0 Å². The number of ether oxygens (including phenoxy) is 1. The Balaban J connectivity index is 2.76. The van der Waals surface area contributed by atoms with Gasteiger partial charge in [-0.1, -0.05) is 48.6 Å². The highest BCUT2D eigenvalue weighted by Gasteiger charge is 2.20. The Kier molecular flexibility index (Phi) is 5.38. The number of nitrogens with two attached hydrogens (primary N) is 1. The fraction of sp³-hybridized carbons (Fsp3) is 0.143. The Morgan fingerprint density at radius 2 is 1.89 bits per heavy atom. The number of esters is 1. The molecule has 0 aliphatic heterocycles. The van der Waals surface area contributed by atoms with Crippen molar-refractivity contribution in [2.75, 3.05) is 0 Å². The van der Waals surface area contributed by atoms with Crippen molar-refractivity contribution < 1.29 is 14.3 Å². The third kappa shape index (κ3) is 4.25. The first-order valence-corrected chi connectivity index (χ1v) is 5.49. The average molecular weight is 245 g/mol. The molecule has 18 heavy (non-hydrogen) atoms. The lowest BCUT2D eigenvalue weighted by atomic mass is 10.1. The van der Waals surface area contributed by atoms with E-state index in [2.05, 4.69) is 0 Å². The molecule has 1 rings (SSSR count).